The molecular formula is C48H48N4O10S2. The zero-order valence-corrected chi connectivity index (χ0v) is 36.9. The van der Waals surface area contributed by atoms with Crippen molar-refractivity contribution in [3.63, 3.8) is 0 Å². The molecular weight excluding hydrogens is 857 g/mol. The van der Waals surface area contributed by atoms with E-state index in [0.717, 1.165) is 11.1 Å². The molecule has 8 aliphatic rings. The molecule has 4 saturated heterocycles. The fraction of sp³-hybridized carbons (Fsp3) is 0.375. The van der Waals surface area contributed by atoms with Crippen LogP contribution in [0.25, 0.3) is 0 Å². The van der Waals surface area contributed by atoms with Crippen molar-refractivity contribution in [2.45, 2.75) is 71.3 Å². The van der Waals surface area contributed by atoms with E-state index < -0.39 is 54.9 Å². The molecule has 4 bridgehead atoms. The number of nitrogens with zero attached hydrogens (tertiary/aromatic N) is 4. The molecule has 0 unspecified atom stereocenters. The summed E-state index contributed by atoms with van der Waals surface area (Å²) in [6.07, 6.45) is 7.05. The van der Waals surface area contributed by atoms with Gasteiger partial charge >= 0.3 is 0 Å². The normalized spacial score (nSPS) is 33.2. The van der Waals surface area contributed by atoms with Gasteiger partial charge in [0.05, 0.1) is 22.9 Å². The summed E-state index contributed by atoms with van der Waals surface area (Å²) in [6, 6.07) is 27.9. The van der Waals surface area contributed by atoms with Crippen molar-refractivity contribution in [3.8, 4) is 0 Å². The van der Waals surface area contributed by atoms with Gasteiger partial charge in [-0.15, -0.1) is 0 Å². The van der Waals surface area contributed by atoms with E-state index in [4.69, 9.17) is 9.47 Å². The number of sulfonamides is 2. The molecule has 4 aromatic carbocycles. The number of hydrogen-bond acceptors (Lipinski definition) is 10. The largest absolute Gasteiger partial charge is 0.369 e. The molecule has 8 aliphatic heterocycles. The molecule has 2 spiro atoms. The van der Waals surface area contributed by atoms with E-state index in [-0.39, 0.29) is 59.6 Å². The predicted octanol–water partition coefficient (Wildman–Crippen LogP) is 4.46. The Kier molecular flexibility index (Phi) is 9.26. The molecule has 8 atom stereocenters. The summed E-state index contributed by atoms with van der Waals surface area (Å²) in [4.78, 5) is 29.2. The van der Waals surface area contributed by atoms with Crippen LogP contribution in [-0.4, -0.2) is 119 Å². The second-order valence-electron chi connectivity index (χ2n) is 18.7. The average Bonchev–Trinajstić information content (AvgIpc) is 4.17. The zero-order chi connectivity index (χ0) is 44.6. The number of hydrogen-bond donors (Lipinski definition) is 2. The summed E-state index contributed by atoms with van der Waals surface area (Å²) in [7, 11) is -7.22. The van der Waals surface area contributed by atoms with E-state index in [9.17, 15) is 36.6 Å². The fourth-order valence-electron chi connectivity index (χ4n) is 11.3. The van der Waals surface area contributed by atoms with Crippen LogP contribution in [-0.2, 0) is 29.5 Å². The van der Waals surface area contributed by atoms with Crippen molar-refractivity contribution in [2.24, 2.45) is 11.8 Å². The summed E-state index contributed by atoms with van der Waals surface area (Å²) in [5.41, 5.74) is 1.49. The molecule has 0 aromatic heterocycles. The number of rotatable bonds is 8. The number of amides is 2. The van der Waals surface area contributed by atoms with Crippen LogP contribution in [0.5, 0.6) is 0 Å². The Hall–Kier alpha value is -5.04. The Bertz CT molecular complexity index is 2710. The predicted molar refractivity (Wildman–Crippen MR) is 232 cm³/mol. The highest BCUT2D eigenvalue weighted by atomic mass is 32.2. The van der Waals surface area contributed by atoms with Crippen molar-refractivity contribution in [3.05, 3.63) is 155 Å². The van der Waals surface area contributed by atoms with Gasteiger partial charge in [-0.2, -0.15) is 8.61 Å². The van der Waals surface area contributed by atoms with Crippen LogP contribution in [0.15, 0.2) is 131 Å². The van der Waals surface area contributed by atoms with E-state index in [2.05, 4.69) is 0 Å². The highest BCUT2D eigenvalue weighted by Gasteiger charge is 2.65. The molecule has 64 heavy (non-hydrogen) atoms. The van der Waals surface area contributed by atoms with Gasteiger partial charge in [-0.1, -0.05) is 96.1 Å². The quantitative estimate of drug-likeness (QED) is 0.241. The smallest absolute Gasteiger partial charge is 0.256 e. The molecule has 14 nitrogen and oxygen atoms in total. The van der Waals surface area contributed by atoms with Crippen LogP contribution >= 0.6 is 0 Å². The van der Waals surface area contributed by atoms with Gasteiger partial charge in [-0.25, -0.2) is 16.8 Å². The SMILES string of the molecule is Cc1ccc(S(=O)(=O)N2C[C@@H]3C[C@@]4(CN5C(=O)c6ccccc6[C@@H]5O)C=C[C@]3(C2)O4)cc1.Cc1ccc(S(=O)(=O)N2C[C@H]3C[C@]4(CN5C(=O)c6ccccc6[C@H]5O)C=C[C@@]3(C2)O4)cc1. The minimum atomic E-state index is -3.61. The topological polar surface area (TPSA) is 174 Å². The molecule has 2 N–H and O–H groups in total. The Morgan fingerprint density at radius 2 is 0.938 bits per heavy atom. The Balaban J connectivity index is 0.000000143. The molecule has 4 aromatic rings. The van der Waals surface area contributed by atoms with Gasteiger partial charge in [-0.3, -0.25) is 9.59 Å². The molecule has 16 heteroatoms. The lowest BCUT2D eigenvalue weighted by Gasteiger charge is -2.32. The molecule has 0 radical (unpaired) electrons. The van der Waals surface area contributed by atoms with Crippen molar-refractivity contribution < 1.29 is 46.1 Å². The van der Waals surface area contributed by atoms with Gasteiger partial charge in [0.1, 0.15) is 22.4 Å². The monoisotopic (exact) mass is 904 g/mol. The maximum Gasteiger partial charge on any atom is 0.256 e. The van der Waals surface area contributed by atoms with Crippen LogP contribution in [0.4, 0.5) is 0 Å². The van der Waals surface area contributed by atoms with Gasteiger partial charge in [0.25, 0.3) is 11.8 Å². The molecule has 8 heterocycles. The first kappa shape index (κ1) is 41.7. The molecule has 0 saturated carbocycles. The number of aryl methyl sites for hydroxylation is 2. The summed E-state index contributed by atoms with van der Waals surface area (Å²) >= 11 is 0. The van der Waals surface area contributed by atoms with Gasteiger partial charge in [0, 0.05) is 60.3 Å². The van der Waals surface area contributed by atoms with E-state index in [1.165, 1.54) is 18.4 Å². The standard InChI is InChI=1S/2C24H24N2O5S/c2*1-16-6-8-18(9-7-16)32(29,30)25-13-17-12-23(10-11-24(17,15-25)31-23)14-26-21(27)19-4-2-3-5-20(19)22(26)28/h2*2-11,17,21,27H,12-15H2,1H3/t2*17-,21-,23+,24+/m10/s1. The number of ether oxygens (including phenoxy) is 2. The van der Waals surface area contributed by atoms with Gasteiger partial charge in [-0.05, 0) is 63.1 Å². The van der Waals surface area contributed by atoms with Gasteiger partial charge in [0.2, 0.25) is 20.0 Å². The minimum Gasteiger partial charge on any atom is -0.369 e. The first-order valence-electron chi connectivity index (χ1n) is 21.6. The number of fused-ring (bicyclic) bond motifs is 4. The summed E-state index contributed by atoms with van der Waals surface area (Å²) in [5.74, 6) is -0.406. The van der Waals surface area contributed by atoms with Gasteiger partial charge in [0.15, 0.2) is 12.5 Å². The minimum absolute atomic E-state index is 0.00458. The van der Waals surface area contributed by atoms with E-state index >= 15 is 0 Å². The number of aliphatic hydroxyl groups is 2. The molecule has 2 amide bonds. The first-order chi connectivity index (χ1) is 30.5. The van der Waals surface area contributed by atoms with Crippen LogP contribution in [0.2, 0.25) is 0 Å². The maximum atomic E-state index is 13.2. The molecule has 4 fully saturated rings. The highest BCUT2D eigenvalue weighted by Crippen LogP contribution is 2.56. The number of carbonyl (C=O) groups excluding carboxylic acids is 2. The summed E-state index contributed by atoms with van der Waals surface area (Å²) in [6.45, 7) is 5.58. The van der Waals surface area contributed by atoms with Crippen molar-refractivity contribution in [1.29, 1.82) is 0 Å². The first-order valence-corrected chi connectivity index (χ1v) is 24.5. The lowest BCUT2D eigenvalue weighted by atomic mass is 9.81. The van der Waals surface area contributed by atoms with Crippen LogP contribution < -0.4 is 0 Å². The van der Waals surface area contributed by atoms with Crippen LogP contribution in [0.1, 0.15) is 68.3 Å². The third-order valence-electron chi connectivity index (χ3n) is 14.6. The second-order valence-corrected chi connectivity index (χ2v) is 22.6. The third kappa shape index (κ3) is 6.25. The van der Waals surface area contributed by atoms with Gasteiger partial charge < -0.3 is 29.5 Å². The Morgan fingerprint density at radius 1 is 0.562 bits per heavy atom. The fourth-order valence-corrected chi connectivity index (χ4v) is 14.4. The third-order valence-corrected chi connectivity index (χ3v) is 18.3. The van der Waals surface area contributed by atoms with Crippen LogP contribution in [0, 0.1) is 25.7 Å². The zero-order valence-electron chi connectivity index (χ0n) is 35.3. The molecule has 0 aliphatic carbocycles. The maximum absolute atomic E-state index is 13.2. The molecule has 12 rings (SSSR count). The van der Waals surface area contributed by atoms with Crippen molar-refractivity contribution in [2.75, 3.05) is 39.3 Å². The lowest BCUT2D eigenvalue weighted by molar-refractivity contribution is -0.0675. The van der Waals surface area contributed by atoms with Crippen LogP contribution in [0.3, 0.4) is 0 Å². The van der Waals surface area contributed by atoms with E-state index in [0.29, 0.717) is 48.2 Å². The Labute approximate surface area is 372 Å². The molecule has 332 valence electrons. The Morgan fingerprint density at radius 3 is 1.30 bits per heavy atom. The number of aliphatic hydroxyl groups excluding tert-OH is 2. The number of carbonyl (C=O) groups is 2. The van der Waals surface area contributed by atoms with E-state index in [1.807, 2.05) is 38.2 Å². The average molecular weight is 905 g/mol. The lowest BCUT2D eigenvalue weighted by Crippen LogP contribution is -2.44. The van der Waals surface area contributed by atoms with E-state index in [1.54, 1.807) is 97.1 Å². The summed E-state index contributed by atoms with van der Waals surface area (Å²) < 4.78 is 68.7. The second kappa shape index (κ2) is 14.2. The van der Waals surface area contributed by atoms with Crippen molar-refractivity contribution in [1.82, 2.24) is 18.4 Å². The van der Waals surface area contributed by atoms with Crippen molar-refractivity contribution >= 4 is 31.9 Å². The highest BCUT2D eigenvalue weighted by molar-refractivity contribution is 7.89. The summed E-state index contributed by atoms with van der Waals surface area (Å²) in [5, 5.41) is 21.5. The number of benzene rings is 4.